The Morgan fingerprint density at radius 1 is 1.52 bits per heavy atom. The number of aromatic nitrogens is 2. The molecular formula is C17H24FN5OS. The largest absolute Gasteiger partial charge is 0.336 e. The normalized spacial score (nSPS) is 20.7. The number of urea groups is 1. The Bertz CT molecular complexity index is 648. The number of nitrogens with one attached hydrogen (secondary N) is 1. The van der Waals surface area contributed by atoms with Gasteiger partial charge in [0.1, 0.15) is 6.17 Å². The van der Waals surface area contributed by atoms with Crippen LogP contribution < -0.4 is 5.32 Å². The van der Waals surface area contributed by atoms with E-state index in [9.17, 15) is 9.18 Å². The highest BCUT2D eigenvalue weighted by Crippen LogP contribution is 2.24. The van der Waals surface area contributed by atoms with Crippen LogP contribution >= 0.6 is 11.3 Å². The van der Waals surface area contributed by atoms with E-state index in [4.69, 9.17) is 0 Å². The second-order valence-corrected chi connectivity index (χ2v) is 7.41. The van der Waals surface area contributed by atoms with Gasteiger partial charge < -0.3 is 10.2 Å². The molecule has 3 rings (SSSR count). The molecule has 1 aliphatic heterocycles. The van der Waals surface area contributed by atoms with E-state index in [0.717, 1.165) is 6.54 Å². The van der Waals surface area contributed by atoms with Crippen LogP contribution in [0.2, 0.25) is 0 Å². The Morgan fingerprint density at radius 2 is 2.40 bits per heavy atom. The lowest BCUT2D eigenvalue weighted by Crippen LogP contribution is -2.45. The lowest BCUT2D eigenvalue weighted by atomic mass is 10.2. The van der Waals surface area contributed by atoms with Crippen LogP contribution in [0, 0.1) is 0 Å². The highest BCUT2D eigenvalue weighted by Gasteiger charge is 2.33. The van der Waals surface area contributed by atoms with Gasteiger partial charge >= 0.3 is 6.03 Å². The lowest BCUT2D eigenvalue weighted by Gasteiger charge is -2.28. The minimum absolute atomic E-state index is 0.0546. The zero-order chi connectivity index (χ0) is 17.6. The molecule has 2 aromatic rings. The Kier molecular flexibility index (Phi) is 6.04. The van der Waals surface area contributed by atoms with E-state index in [1.54, 1.807) is 34.2 Å². The van der Waals surface area contributed by atoms with Crippen LogP contribution in [0.5, 0.6) is 0 Å². The summed E-state index contributed by atoms with van der Waals surface area (Å²) >= 11 is 1.68. The predicted molar refractivity (Wildman–Crippen MR) is 96.3 cm³/mol. The Hall–Kier alpha value is -1.93. The van der Waals surface area contributed by atoms with Crippen LogP contribution in [-0.4, -0.2) is 64.5 Å². The highest BCUT2D eigenvalue weighted by atomic mass is 32.1. The van der Waals surface area contributed by atoms with Gasteiger partial charge in [-0.3, -0.25) is 9.58 Å². The number of alkyl halides is 1. The molecule has 0 radical (unpaired) electrons. The van der Waals surface area contributed by atoms with Crippen molar-refractivity contribution in [3.63, 3.8) is 0 Å². The molecule has 1 fully saturated rings. The lowest BCUT2D eigenvalue weighted by molar-refractivity contribution is 0.175. The summed E-state index contributed by atoms with van der Waals surface area (Å²) in [5.74, 6) is 0. The van der Waals surface area contributed by atoms with Gasteiger partial charge in [-0.2, -0.15) is 5.10 Å². The first-order valence-corrected chi connectivity index (χ1v) is 9.36. The molecule has 0 unspecified atom stereocenters. The van der Waals surface area contributed by atoms with E-state index in [0.29, 0.717) is 32.6 Å². The summed E-state index contributed by atoms with van der Waals surface area (Å²) in [6, 6.07) is 5.85. The molecule has 1 saturated heterocycles. The number of nitrogens with zero attached hydrogens (tertiary/aromatic N) is 4. The van der Waals surface area contributed by atoms with Crippen molar-refractivity contribution in [2.24, 2.45) is 0 Å². The van der Waals surface area contributed by atoms with Crippen molar-refractivity contribution in [1.29, 1.82) is 0 Å². The van der Waals surface area contributed by atoms with Crippen molar-refractivity contribution in [2.75, 3.05) is 26.7 Å². The fraction of sp³-hybridized carbons (Fsp3) is 0.529. The molecular weight excluding hydrogens is 341 g/mol. The molecule has 25 heavy (non-hydrogen) atoms. The van der Waals surface area contributed by atoms with Crippen molar-refractivity contribution in [3.05, 3.63) is 40.8 Å². The van der Waals surface area contributed by atoms with Gasteiger partial charge in [0.2, 0.25) is 0 Å². The monoisotopic (exact) mass is 365 g/mol. The maximum Gasteiger partial charge on any atom is 0.317 e. The number of likely N-dealkylation sites (tertiary alicyclic amines) is 1. The number of amides is 2. The molecule has 0 spiro atoms. The fourth-order valence-corrected chi connectivity index (χ4v) is 3.88. The molecule has 0 aromatic carbocycles. The zero-order valence-corrected chi connectivity index (χ0v) is 15.2. The van der Waals surface area contributed by atoms with Gasteiger partial charge in [-0.25, -0.2) is 9.18 Å². The molecule has 2 amide bonds. The van der Waals surface area contributed by atoms with Crippen LogP contribution in [0.1, 0.15) is 11.3 Å². The smallest absolute Gasteiger partial charge is 0.317 e. The zero-order valence-electron chi connectivity index (χ0n) is 14.3. The molecule has 0 bridgehead atoms. The SMILES string of the molecule is CN(C[C@@H]1C[C@H](F)CN1Cc1cccs1)C(=O)NCCn1cccn1. The topological polar surface area (TPSA) is 53.4 Å². The van der Waals surface area contributed by atoms with Gasteiger partial charge in [-0.1, -0.05) is 6.07 Å². The molecule has 136 valence electrons. The van der Waals surface area contributed by atoms with Crippen molar-refractivity contribution in [3.8, 4) is 0 Å². The summed E-state index contributed by atoms with van der Waals surface area (Å²) in [6.07, 6.45) is 3.24. The summed E-state index contributed by atoms with van der Waals surface area (Å²) in [5, 5.41) is 9.02. The number of likely N-dealkylation sites (N-methyl/N-ethyl adjacent to an activating group) is 1. The van der Waals surface area contributed by atoms with Crippen LogP contribution in [-0.2, 0) is 13.1 Å². The Morgan fingerprint density at radius 3 is 3.12 bits per heavy atom. The van der Waals surface area contributed by atoms with Crippen molar-refractivity contribution >= 4 is 17.4 Å². The molecule has 1 aliphatic rings. The molecule has 0 aliphatic carbocycles. The second kappa shape index (κ2) is 8.44. The summed E-state index contributed by atoms with van der Waals surface area (Å²) in [7, 11) is 1.76. The van der Waals surface area contributed by atoms with E-state index in [1.165, 1.54) is 4.88 Å². The van der Waals surface area contributed by atoms with Crippen molar-refractivity contribution in [1.82, 2.24) is 24.9 Å². The summed E-state index contributed by atoms with van der Waals surface area (Å²) in [5.41, 5.74) is 0. The third-order valence-electron chi connectivity index (χ3n) is 4.42. The molecule has 2 atom stereocenters. The van der Waals surface area contributed by atoms with Gasteiger partial charge in [0.25, 0.3) is 0 Å². The summed E-state index contributed by atoms with van der Waals surface area (Å²) < 4.78 is 15.7. The number of carbonyl (C=O) groups excluding carboxylic acids is 1. The average Bonchev–Trinajstić information content (AvgIpc) is 3.31. The van der Waals surface area contributed by atoms with Gasteiger partial charge in [-0.15, -0.1) is 11.3 Å². The number of rotatable bonds is 7. The van der Waals surface area contributed by atoms with Gasteiger partial charge in [0.05, 0.1) is 6.54 Å². The number of hydrogen-bond donors (Lipinski definition) is 1. The van der Waals surface area contributed by atoms with Crippen molar-refractivity contribution < 1.29 is 9.18 Å². The van der Waals surface area contributed by atoms with Crippen LogP contribution in [0.3, 0.4) is 0 Å². The Labute approximate surface area is 151 Å². The first kappa shape index (κ1) is 17.9. The number of carbonyl (C=O) groups is 1. The minimum atomic E-state index is -0.818. The van der Waals surface area contributed by atoms with Crippen molar-refractivity contribution in [2.45, 2.75) is 31.7 Å². The van der Waals surface area contributed by atoms with Gasteiger partial charge in [-0.05, 0) is 23.9 Å². The van der Waals surface area contributed by atoms with Gasteiger partial charge in [0.15, 0.2) is 0 Å². The van der Waals surface area contributed by atoms with E-state index < -0.39 is 6.17 Å². The summed E-state index contributed by atoms with van der Waals surface area (Å²) in [6.45, 7) is 2.86. The van der Waals surface area contributed by atoms with Crippen LogP contribution in [0.25, 0.3) is 0 Å². The number of halogens is 1. The molecule has 0 saturated carbocycles. The molecule has 6 nitrogen and oxygen atoms in total. The fourth-order valence-electron chi connectivity index (χ4n) is 3.15. The predicted octanol–water partition coefficient (Wildman–Crippen LogP) is 2.20. The average molecular weight is 365 g/mol. The van der Waals surface area contributed by atoms with Gasteiger partial charge in [0, 0.05) is 56.5 Å². The Balaban J connectivity index is 1.46. The molecule has 3 heterocycles. The first-order chi connectivity index (χ1) is 12.1. The van der Waals surface area contributed by atoms with E-state index >= 15 is 0 Å². The standard InChI is InChI=1S/C17H24FN5OS/c1-21(17(24)19-6-8-23-7-3-5-20-23)12-15-10-14(18)11-22(15)13-16-4-2-9-25-16/h2-5,7,9,14-15H,6,8,10-13H2,1H3,(H,19,24)/t14-,15-/m0/s1. The highest BCUT2D eigenvalue weighted by molar-refractivity contribution is 7.09. The van der Waals surface area contributed by atoms with Crippen LogP contribution in [0.4, 0.5) is 9.18 Å². The van der Waals surface area contributed by atoms with E-state index in [1.807, 2.05) is 23.7 Å². The van der Waals surface area contributed by atoms with Crippen LogP contribution in [0.15, 0.2) is 36.0 Å². The van der Waals surface area contributed by atoms with E-state index in [2.05, 4.69) is 21.4 Å². The maximum atomic E-state index is 13.9. The first-order valence-electron chi connectivity index (χ1n) is 8.48. The summed E-state index contributed by atoms with van der Waals surface area (Å²) in [4.78, 5) is 17.3. The molecule has 8 heteroatoms. The number of hydrogen-bond acceptors (Lipinski definition) is 4. The molecule has 2 aromatic heterocycles. The second-order valence-electron chi connectivity index (χ2n) is 6.38. The minimum Gasteiger partial charge on any atom is -0.336 e. The maximum absolute atomic E-state index is 13.9. The third kappa shape index (κ3) is 5.02. The third-order valence-corrected chi connectivity index (χ3v) is 5.28. The molecule has 1 N–H and O–H groups in total. The van der Waals surface area contributed by atoms with E-state index in [-0.39, 0.29) is 12.1 Å². The number of thiophene rings is 1. The quantitative estimate of drug-likeness (QED) is 0.818.